The van der Waals surface area contributed by atoms with Crippen LogP contribution < -0.4 is 10.5 Å². The average molecular weight is 288 g/mol. The molecule has 0 radical (unpaired) electrons. The van der Waals surface area contributed by atoms with Crippen LogP contribution in [-0.4, -0.2) is 20.5 Å². The molecular weight excluding hydrogens is 267 g/mol. The summed E-state index contributed by atoms with van der Waals surface area (Å²) in [4.78, 5) is -0.0483. The van der Waals surface area contributed by atoms with Gasteiger partial charge in [-0.05, 0) is 37.5 Å². The molecule has 0 saturated heterocycles. The molecule has 0 saturated carbocycles. The second-order valence-corrected chi connectivity index (χ2v) is 6.94. The fourth-order valence-electron chi connectivity index (χ4n) is 1.62. The number of nitrogens with two attached hydrogens (primary N) is 1. The van der Waals surface area contributed by atoms with Crippen molar-refractivity contribution in [3.8, 4) is 0 Å². The van der Waals surface area contributed by atoms with Gasteiger partial charge in [0.15, 0.2) is 0 Å². The smallest absolute Gasteiger partial charge is 0.241 e. The molecule has 3 N–H and O–H groups in total. The molecule has 0 aliphatic heterocycles. The highest BCUT2D eigenvalue weighted by molar-refractivity contribution is 7.89. The van der Waals surface area contributed by atoms with E-state index in [2.05, 4.69) is 4.72 Å². The van der Waals surface area contributed by atoms with E-state index in [1.807, 2.05) is 13.8 Å². The van der Waals surface area contributed by atoms with E-state index in [0.29, 0.717) is 5.56 Å². The molecule has 1 aromatic carbocycles. The third kappa shape index (κ3) is 3.52. The monoisotopic (exact) mass is 288 g/mol. The third-order valence-electron chi connectivity index (χ3n) is 3.51. The molecule has 0 fully saturated rings. The Kier molecular flexibility index (Phi) is 4.71. The van der Waals surface area contributed by atoms with E-state index in [-0.39, 0.29) is 17.4 Å². The number of hydrogen-bond donors (Lipinski definition) is 2. The van der Waals surface area contributed by atoms with E-state index in [1.165, 1.54) is 12.1 Å². The zero-order chi connectivity index (χ0) is 14.8. The van der Waals surface area contributed by atoms with Crippen LogP contribution in [0.4, 0.5) is 4.39 Å². The Balaban J connectivity index is 3.22. The fourth-order valence-corrected chi connectivity index (χ4v) is 3.42. The lowest BCUT2D eigenvalue weighted by Crippen LogP contribution is -2.54. The minimum absolute atomic E-state index is 0.0149. The SMILES string of the molecule is Cc1ccc(F)cc1S(=O)(=O)NC(C)(CN)C(C)C. The summed E-state index contributed by atoms with van der Waals surface area (Å²) < 4.78 is 40.5. The van der Waals surface area contributed by atoms with E-state index >= 15 is 0 Å². The first-order valence-corrected chi connectivity index (χ1v) is 7.61. The molecule has 1 aromatic rings. The van der Waals surface area contributed by atoms with Crippen LogP contribution in [0.15, 0.2) is 23.1 Å². The predicted octanol–water partition coefficient (Wildman–Crippen LogP) is 1.79. The van der Waals surface area contributed by atoms with Crippen LogP contribution in [0.3, 0.4) is 0 Å². The zero-order valence-electron chi connectivity index (χ0n) is 11.7. The number of sulfonamides is 1. The number of hydrogen-bond acceptors (Lipinski definition) is 3. The summed E-state index contributed by atoms with van der Waals surface area (Å²) in [5.74, 6) is -0.564. The Hall–Kier alpha value is -0.980. The second-order valence-electron chi connectivity index (χ2n) is 5.29. The lowest BCUT2D eigenvalue weighted by molar-refractivity contribution is 0.314. The summed E-state index contributed by atoms with van der Waals surface area (Å²) in [6.45, 7) is 7.30. The van der Waals surface area contributed by atoms with Crippen molar-refractivity contribution in [2.24, 2.45) is 11.7 Å². The van der Waals surface area contributed by atoms with Gasteiger partial charge in [0, 0.05) is 12.1 Å². The van der Waals surface area contributed by atoms with E-state index in [9.17, 15) is 12.8 Å². The summed E-state index contributed by atoms with van der Waals surface area (Å²) in [6.07, 6.45) is 0. The summed E-state index contributed by atoms with van der Waals surface area (Å²) >= 11 is 0. The molecular formula is C13H21FN2O2S. The predicted molar refractivity (Wildman–Crippen MR) is 73.8 cm³/mol. The van der Waals surface area contributed by atoms with Crippen molar-refractivity contribution in [3.63, 3.8) is 0 Å². The van der Waals surface area contributed by atoms with Crippen molar-refractivity contribution >= 4 is 10.0 Å². The summed E-state index contributed by atoms with van der Waals surface area (Å²) in [5, 5.41) is 0. The van der Waals surface area contributed by atoms with Crippen molar-refractivity contribution in [2.45, 2.75) is 38.1 Å². The average Bonchev–Trinajstić information content (AvgIpc) is 2.31. The topological polar surface area (TPSA) is 72.2 Å². The largest absolute Gasteiger partial charge is 0.329 e. The summed E-state index contributed by atoms with van der Waals surface area (Å²) in [6, 6.07) is 3.70. The van der Waals surface area contributed by atoms with E-state index < -0.39 is 21.4 Å². The van der Waals surface area contributed by atoms with Gasteiger partial charge in [0.1, 0.15) is 5.82 Å². The first kappa shape index (κ1) is 16.1. The Bertz CT molecular complexity index is 558. The molecule has 1 unspecified atom stereocenters. The van der Waals surface area contributed by atoms with E-state index in [4.69, 9.17) is 5.73 Å². The van der Waals surface area contributed by atoms with Gasteiger partial charge < -0.3 is 5.73 Å². The van der Waals surface area contributed by atoms with E-state index in [0.717, 1.165) is 6.07 Å². The van der Waals surface area contributed by atoms with Crippen molar-refractivity contribution in [1.82, 2.24) is 4.72 Å². The van der Waals surface area contributed by atoms with Crippen LogP contribution in [0.5, 0.6) is 0 Å². The number of nitrogens with one attached hydrogen (secondary N) is 1. The zero-order valence-corrected chi connectivity index (χ0v) is 12.5. The Morgan fingerprint density at radius 2 is 2.00 bits per heavy atom. The standard InChI is InChI=1S/C13H21FN2O2S/c1-9(2)13(4,8-15)16-19(17,18)12-7-11(14)6-5-10(12)3/h5-7,9,16H,8,15H2,1-4H3. The molecule has 6 heteroatoms. The maximum atomic E-state index is 13.2. The molecule has 0 aliphatic rings. The summed E-state index contributed by atoms with van der Waals surface area (Å²) in [7, 11) is -3.80. The molecule has 0 aliphatic carbocycles. The van der Waals surface area contributed by atoms with Gasteiger partial charge in [0.05, 0.1) is 4.90 Å². The Labute approximate surface area is 114 Å². The molecule has 0 aromatic heterocycles. The minimum atomic E-state index is -3.80. The van der Waals surface area contributed by atoms with Crippen LogP contribution in [0.1, 0.15) is 26.3 Å². The van der Waals surface area contributed by atoms with Gasteiger partial charge in [0.25, 0.3) is 0 Å². The first-order valence-electron chi connectivity index (χ1n) is 6.12. The molecule has 0 bridgehead atoms. The molecule has 0 amide bonds. The quantitative estimate of drug-likeness (QED) is 0.867. The minimum Gasteiger partial charge on any atom is -0.329 e. The maximum Gasteiger partial charge on any atom is 0.241 e. The van der Waals surface area contributed by atoms with Crippen LogP contribution in [0.25, 0.3) is 0 Å². The number of rotatable bonds is 5. The van der Waals surface area contributed by atoms with Gasteiger partial charge in [-0.2, -0.15) is 0 Å². The Morgan fingerprint density at radius 1 is 1.42 bits per heavy atom. The van der Waals surface area contributed by atoms with Crippen LogP contribution in [0, 0.1) is 18.7 Å². The van der Waals surface area contributed by atoms with Gasteiger partial charge >= 0.3 is 0 Å². The van der Waals surface area contributed by atoms with Gasteiger partial charge in [0.2, 0.25) is 10.0 Å². The first-order chi connectivity index (χ1) is 8.62. The van der Waals surface area contributed by atoms with Crippen molar-refractivity contribution < 1.29 is 12.8 Å². The molecule has 1 atom stereocenters. The fraction of sp³-hybridized carbons (Fsp3) is 0.538. The van der Waals surface area contributed by atoms with E-state index in [1.54, 1.807) is 13.8 Å². The maximum absolute atomic E-state index is 13.2. The van der Waals surface area contributed by atoms with Gasteiger partial charge in [-0.3, -0.25) is 0 Å². The van der Waals surface area contributed by atoms with Crippen molar-refractivity contribution in [3.05, 3.63) is 29.6 Å². The van der Waals surface area contributed by atoms with Gasteiger partial charge in [-0.25, -0.2) is 17.5 Å². The second kappa shape index (κ2) is 5.56. The van der Waals surface area contributed by atoms with Gasteiger partial charge in [-0.15, -0.1) is 0 Å². The molecule has 4 nitrogen and oxygen atoms in total. The molecule has 108 valence electrons. The molecule has 0 spiro atoms. The normalized spacial score (nSPS) is 15.5. The number of halogens is 1. The highest BCUT2D eigenvalue weighted by Crippen LogP contribution is 2.22. The molecule has 19 heavy (non-hydrogen) atoms. The number of aryl methyl sites for hydroxylation is 1. The third-order valence-corrected chi connectivity index (χ3v) is 5.26. The molecule has 1 rings (SSSR count). The van der Waals surface area contributed by atoms with Crippen molar-refractivity contribution in [2.75, 3.05) is 6.54 Å². The van der Waals surface area contributed by atoms with Crippen LogP contribution in [0.2, 0.25) is 0 Å². The number of benzene rings is 1. The van der Waals surface area contributed by atoms with Crippen molar-refractivity contribution in [1.29, 1.82) is 0 Å². The lowest BCUT2D eigenvalue weighted by Gasteiger charge is -2.33. The van der Waals surface area contributed by atoms with Crippen LogP contribution >= 0.6 is 0 Å². The highest BCUT2D eigenvalue weighted by Gasteiger charge is 2.33. The Morgan fingerprint density at radius 3 is 2.47 bits per heavy atom. The lowest BCUT2D eigenvalue weighted by atomic mass is 9.90. The summed E-state index contributed by atoms with van der Waals surface area (Å²) in [5.41, 5.74) is 5.39. The van der Waals surface area contributed by atoms with Gasteiger partial charge in [-0.1, -0.05) is 19.9 Å². The van der Waals surface area contributed by atoms with Crippen LogP contribution in [-0.2, 0) is 10.0 Å². The highest BCUT2D eigenvalue weighted by atomic mass is 32.2. The molecule has 0 heterocycles.